The summed E-state index contributed by atoms with van der Waals surface area (Å²) in [7, 11) is 0. The third-order valence-electron chi connectivity index (χ3n) is 1.80. The van der Waals surface area contributed by atoms with Crippen molar-refractivity contribution in [3.63, 3.8) is 0 Å². The average molecular weight is 238 g/mol. The van der Waals surface area contributed by atoms with Gasteiger partial charge in [-0.25, -0.2) is 4.39 Å². The quantitative estimate of drug-likeness (QED) is 0.758. The van der Waals surface area contributed by atoms with Crippen LogP contribution < -0.4 is 4.90 Å². The van der Waals surface area contributed by atoms with Crippen LogP contribution in [0.1, 0.15) is 13.8 Å². The van der Waals surface area contributed by atoms with Gasteiger partial charge >= 0.3 is 0 Å². The summed E-state index contributed by atoms with van der Waals surface area (Å²) >= 11 is 11.1. The number of nitrogens with zero attached hydrogens (tertiary/aromatic N) is 3. The smallest absolute Gasteiger partial charge is 0.228 e. The standard InChI is InChI=1S/C8H10Cl2FN3/c1-3-14(4-2)8-12-6(9)5(11)7(10)13-8/h3-4H2,1-2H3. The molecule has 0 N–H and O–H groups in total. The fourth-order valence-electron chi connectivity index (χ4n) is 1.03. The van der Waals surface area contributed by atoms with Crippen molar-refractivity contribution in [3.05, 3.63) is 16.1 Å². The summed E-state index contributed by atoms with van der Waals surface area (Å²) in [5.41, 5.74) is 0. The van der Waals surface area contributed by atoms with Crippen molar-refractivity contribution in [2.45, 2.75) is 13.8 Å². The maximum absolute atomic E-state index is 13.0. The molecule has 1 heterocycles. The van der Waals surface area contributed by atoms with Gasteiger partial charge in [0.25, 0.3) is 0 Å². The SMILES string of the molecule is CCN(CC)c1nc(Cl)c(F)c(Cl)n1. The van der Waals surface area contributed by atoms with Crippen molar-refractivity contribution in [3.8, 4) is 0 Å². The van der Waals surface area contributed by atoms with E-state index >= 15 is 0 Å². The molecule has 0 aliphatic carbocycles. The van der Waals surface area contributed by atoms with Gasteiger partial charge in [-0.3, -0.25) is 0 Å². The summed E-state index contributed by atoms with van der Waals surface area (Å²) < 4.78 is 13.0. The summed E-state index contributed by atoms with van der Waals surface area (Å²) in [5.74, 6) is -0.421. The second-order valence-electron chi connectivity index (χ2n) is 2.59. The van der Waals surface area contributed by atoms with Crippen LogP contribution in [0.15, 0.2) is 0 Å². The van der Waals surface area contributed by atoms with Crippen LogP contribution in [-0.2, 0) is 0 Å². The van der Waals surface area contributed by atoms with Crippen molar-refractivity contribution in [1.29, 1.82) is 0 Å². The van der Waals surface area contributed by atoms with E-state index in [9.17, 15) is 4.39 Å². The van der Waals surface area contributed by atoms with Crippen LogP contribution in [-0.4, -0.2) is 23.1 Å². The Hall–Kier alpha value is -0.610. The molecule has 0 bridgehead atoms. The first kappa shape index (κ1) is 11.5. The Morgan fingerprint density at radius 3 is 1.93 bits per heavy atom. The van der Waals surface area contributed by atoms with Gasteiger partial charge in [-0.05, 0) is 13.8 Å². The Morgan fingerprint density at radius 1 is 1.14 bits per heavy atom. The summed E-state index contributed by atoms with van der Waals surface area (Å²) in [4.78, 5) is 9.42. The number of rotatable bonds is 3. The van der Waals surface area contributed by atoms with Crippen molar-refractivity contribution in [1.82, 2.24) is 9.97 Å². The van der Waals surface area contributed by atoms with Gasteiger partial charge in [0.15, 0.2) is 16.1 Å². The summed E-state index contributed by atoms with van der Waals surface area (Å²) in [5, 5.41) is -0.487. The van der Waals surface area contributed by atoms with Crippen LogP contribution >= 0.6 is 23.2 Å². The molecular formula is C8H10Cl2FN3. The Kier molecular flexibility index (Phi) is 3.89. The molecular weight excluding hydrogens is 228 g/mol. The molecule has 1 rings (SSSR count). The second kappa shape index (κ2) is 4.75. The van der Waals surface area contributed by atoms with Crippen LogP contribution in [0.2, 0.25) is 10.3 Å². The molecule has 0 radical (unpaired) electrons. The van der Waals surface area contributed by atoms with Crippen molar-refractivity contribution in [2.75, 3.05) is 18.0 Å². The molecule has 1 aromatic heterocycles. The highest BCUT2D eigenvalue weighted by atomic mass is 35.5. The molecule has 0 aromatic carbocycles. The largest absolute Gasteiger partial charge is 0.341 e. The van der Waals surface area contributed by atoms with Gasteiger partial charge in [-0.1, -0.05) is 23.2 Å². The topological polar surface area (TPSA) is 29.0 Å². The minimum absolute atomic E-state index is 0.244. The molecule has 0 fully saturated rings. The van der Waals surface area contributed by atoms with Crippen LogP contribution in [0, 0.1) is 5.82 Å². The van der Waals surface area contributed by atoms with E-state index in [0.29, 0.717) is 5.95 Å². The van der Waals surface area contributed by atoms with Gasteiger partial charge in [0, 0.05) is 13.1 Å². The average Bonchev–Trinajstić information content (AvgIpc) is 2.16. The monoisotopic (exact) mass is 237 g/mol. The van der Waals surface area contributed by atoms with Crippen molar-refractivity contribution >= 4 is 29.2 Å². The van der Waals surface area contributed by atoms with E-state index in [-0.39, 0.29) is 10.3 Å². The summed E-state index contributed by atoms with van der Waals surface area (Å²) in [6.07, 6.45) is 0. The van der Waals surface area contributed by atoms with Crippen molar-refractivity contribution < 1.29 is 4.39 Å². The zero-order valence-electron chi connectivity index (χ0n) is 7.89. The van der Waals surface area contributed by atoms with Crippen LogP contribution in [0.3, 0.4) is 0 Å². The fourth-order valence-corrected chi connectivity index (χ4v) is 1.41. The minimum atomic E-state index is -0.774. The van der Waals surface area contributed by atoms with E-state index in [1.165, 1.54) is 0 Å². The van der Waals surface area contributed by atoms with E-state index in [2.05, 4.69) is 9.97 Å². The molecule has 0 unspecified atom stereocenters. The summed E-state index contributed by atoms with van der Waals surface area (Å²) in [6.45, 7) is 5.32. The van der Waals surface area contributed by atoms with Crippen LogP contribution in [0.4, 0.5) is 10.3 Å². The van der Waals surface area contributed by atoms with Crippen LogP contribution in [0.5, 0.6) is 0 Å². The molecule has 0 saturated carbocycles. The lowest BCUT2D eigenvalue weighted by Gasteiger charge is -2.18. The maximum atomic E-state index is 13.0. The molecule has 0 aliphatic rings. The van der Waals surface area contributed by atoms with Crippen LogP contribution in [0.25, 0.3) is 0 Å². The molecule has 0 amide bonds. The second-order valence-corrected chi connectivity index (χ2v) is 3.31. The number of aromatic nitrogens is 2. The third-order valence-corrected chi connectivity index (χ3v) is 2.31. The first-order valence-electron chi connectivity index (χ1n) is 4.23. The zero-order chi connectivity index (χ0) is 10.7. The molecule has 1 aromatic rings. The first-order chi connectivity index (χ1) is 6.60. The predicted molar refractivity (Wildman–Crippen MR) is 55.6 cm³/mol. The number of anilines is 1. The Morgan fingerprint density at radius 2 is 1.57 bits per heavy atom. The molecule has 0 atom stereocenters. The summed E-state index contributed by atoms with van der Waals surface area (Å²) in [6, 6.07) is 0. The molecule has 3 nitrogen and oxygen atoms in total. The van der Waals surface area contributed by atoms with E-state index in [1.807, 2.05) is 18.7 Å². The van der Waals surface area contributed by atoms with Gasteiger partial charge in [0.2, 0.25) is 5.95 Å². The molecule has 14 heavy (non-hydrogen) atoms. The number of halogens is 3. The van der Waals surface area contributed by atoms with Gasteiger partial charge in [-0.15, -0.1) is 0 Å². The van der Waals surface area contributed by atoms with E-state index in [0.717, 1.165) is 13.1 Å². The highest BCUT2D eigenvalue weighted by Crippen LogP contribution is 2.22. The fraction of sp³-hybridized carbons (Fsp3) is 0.500. The highest BCUT2D eigenvalue weighted by molar-refractivity contribution is 6.33. The van der Waals surface area contributed by atoms with E-state index in [1.54, 1.807) is 0 Å². The Bertz CT molecular complexity index is 305. The molecule has 0 aliphatic heterocycles. The normalized spacial score (nSPS) is 10.4. The molecule has 0 saturated heterocycles. The first-order valence-corrected chi connectivity index (χ1v) is 4.99. The van der Waals surface area contributed by atoms with E-state index in [4.69, 9.17) is 23.2 Å². The molecule has 6 heteroatoms. The van der Waals surface area contributed by atoms with Gasteiger partial charge < -0.3 is 4.90 Å². The molecule has 0 spiro atoms. The Labute approximate surface area is 91.9 Å². The number of hydrogen-bond donors (Lipinski definition) is 0. The van der Waals surface area contributed by atoms with Crippen molar-refractivity contribution in [2.24, 2.45) is 0 Å². The maximum Gasteiger partial charge on any atom is 0.228 e. The highest BCUT2D eigenvalue weighted by Gasteiger charge is 2.13. The lowest BCUT2D eigenvalue weighted by molar-refractivity contribution is 0.612. The Balaban J connectivity index is 3.11. The van der Waals surface area contributed by atoms with E-state index < -0.39 is 5.82 Å². The molecule has 78 valence electrons. The van der Waals surface area contributed by atoms with Gasteiger partial charge in [0.1, 0.15) is 0 Å². The van der Waals surface area contributed by atoms with Gasteiger partial charge in [0.05, 0.1) is 0 Å². The predicted octanol–water partition coefficient (Wildman–Crippen LogP) is 2.77. The van der Waals surface area contributed by atoms with Gasteiger partial charge in [-0.2, -0.15) is 9.97 Å². The third kappa shape index (κ3) is 2.25. The lowest BCUT2D eigenvalue weighted by Crippen LogP contribution is -2.24. The zero-order valence-corrected chi connectivity index (χ0v) is 9.40. The lowest BCUT2D eigenvalue weighted by atomic mass is 10.5. The minimum Gasteiger partial charge on any atom is -0.341 e. The number of hydrogen-bond acceptors (Lipinski definition) is 3.